The molecule has 1 rings (SSSR count). The van der Waals surface area contributed by atoms with E-state index < -0.39 is 11.8 Å². The van der Waals surface area contributed by atoms with Crippen LogP contribution in [0.3, 0.4) is 0 Å². The van der Waals surface area contributed by atoms with Crippen molar-refractivity contribution in [3.63, 3.8) is 0 Å². The molecule has 1 aromatic rings. The van der Waals surface area contributed by atoms with E-state index in [2.05, 4.69) is 0 Å². The SMILES string of the molecule is O=C(O)CCCSc1ccc(F)c(Cl)c1. The molecule has 1 aromatic carbocycles. The first kappa shape index (κ1) is 12.3. The number of carbonyl (C=O) groups is 1. The van der Waals surface area contributed by atoms with Crippen LogP contribution >= 0.6 is 23.4 Å². The van der Waals surface area contributed by atoms with Gasteiger partial charge in [-0.05, 0) is 30.4 Å². The zero-order valence-electron chi connectivity index (χ0n) is 7.87. The van der Waals surface area contributed by atoms with Crippen molar-refractivity contribution in [1.82, 2.24) is 0 Å². The van der Waals surface area contributed by atoms with Gasteiger partial charge in [0.2, 0.25) is 0 Å². The molecule has 0 saturated heterocycles. The van der Waals surface area contributed by atoms with E-state index in [0.29, 0.717) is 12.2 Å². The van der Waals surface area contributed by atoms with Gasteiger partial charge in [0, 0.05) is 11.3 Å². The average molecular weight is 249 g/mol. The average Bonchev–Trinajstić information content (AvgIpc) is 2.18. The molecule has 0 amide bonds. The van der Waals surface area contributed by atoms with Gasteiger partial charge in [0.05, 0.1) is 5.02 Å². The van der Waals surface area contributed by atoms with Gasteiger partial charge in [-0.2, -0.15) is 0 Å². The van der Waals surface area contributed by atoms with Gasteiger partial charge in [0.1, 0.15) is 5.82 Å². The van der Waals surface area contributed by atoms with Gasteiger partial charge >= 0.3 is 5.97 Å². The predicted octanol–water partition coefficient (Wildman–Crippen LogP) is 3.44. The van der Waals surface area contributed by atoms with Crippen molar-refractivity contribution in [2.24, 2.45) is 0 Å². The van der Waals surface area contributed by atoms with Crippen LogP contribution < -0.4 is 0 Å². The second kappa shape index (κ2) is 5.98. The van der Waals surface area contributed by atoms with Crippen molar-refractivity contribution in [1.29, 1.82) is 0 Å². The van der Waals surface area contributed by atoms with Crippen molar-refractivity contribution in [2.75, 3.05) is 5.75 Å². The molecule has 0 aliphatic heterocycles. The Morgan fingerprint density at radius 2 is 2.27 bits per heavy atom. The first-order valence-corrected chi connectivity index (χ1v) is 5.75. The maximum Gasteiger partial charge on any atom is 0.303 e. The van der Waals surface area contributed by atoms with E-state index in [0.717, 1.165) is 4.90 Å². The smallest absolute Gasteiger partial charge is 0.303 e. The third-order valence-electron chi connectivity index (χ3n) is 1.69. The molecule has 82 valence electrons. The van der Waals surface area contributed by atoms with Crippen LogP contribution in [0.25, 0.3) is 0 Å². The number of thioether (sulfide) groups is 1. The Morgan fingerprint density at radius 1 is 1.53 bits per heavy atom. The fourth-order valence-electron chi connectivity index (χ4n) is 0.980. The molecule has 15 heavy (non-hydrogen) atoms. The molecule has 0 atom stereocenters. The summed E-state index contributed by atoms with van der Waals surface area (Å²) in [5.41, 5.74) is 0. The Morgan fingerprint density at radius 3 is 2.87 bits per heavy atom. The molecule has 5 heteroatoms. The molecule has 1 N–H and O–H groups in total. The Bertz CT molecular complexity index is 357. The quantitative estimate of drug-likeness (QED) is 0.641. The largest absolute Gasteiger partial charge is 0.481 e. The molecule has 0 radical (unpaired) electrons. The first-order valence-electron chi connectivity index (χ1n) is 4.39. The summed E-state index contributed by atoms with van der Waals surface area (Å²) >= 11 is 7.07. The van der Waals surface area contributed by atoms with Crippen LogP contribution in [0.4, 0.5) is 4.39 Å². The normalized spacial score (nSPS) is 10.3. The molecule has 0 spiro atoms. The predicted molar refractivity (Wildman–Crippen MR) is 59.0 cm³/mol. The van der Waals surface area contributed by atoms with Gasteiger partial charge < -0.3 is 5.11 Å². The highest BCUT2D eigenvalue weighted by atomic mass is 35.5. The molecule has 2 nitrogen and oxygen atoms in total. The maximum atomic E-state index is 12.8. The van der Waals surface area contributed by atoms with Crippen molar-refractivity contribution in [3.8, 4) is 0 Å². The Balaban J connectivity index is 2.38. The van der Waals surface area contributed by atoms with Crippen LogP contribution in [-0.2, 0) is 4.79 Å². The van der Waals surface area contributed by atoms with E-state index in [4.69, 9.17) is 16.7 Å². The van der Waals surface area contributed by atoms with Crippen LogP contribution in [0, 0.1) is 5.82 Å². The molecule has 0 unspecified atom stereocenters. The Labute approximate surface area is 96.4 Å². The minimum atomic E-state index is -0.798. The van der Waals surface area contributed by atoms with Gasteiger partial charge in [-0.25, -0.2) is 4.39 Å². The zero-order chi connectivity index (χ0) is 11.3. The lowest BCUT2D eigenvalue weighted by Crippen LogP contribution is -1.94. The van der Waals surface area contributed by atoms with Crippen molar-refractivity contribution < 1.29 is 14.3 Å². The van der Waals surface area contributed by atoms with Crippen molar-refractivity contribution in [2.45, 2.75) is 17.7 Å². The van der Waals surface area contributed by atoms with Crippen molar-refractivity contribution >= 4 is 29.3 Å². The van der Waals surface area contributed by atoms with E-state index in [1.807, 2.05) is 0 Å². The standard InChI is InChI=1S/C10H10ClFO2S/c11-8-6-7(3-4-9(8)12)15-5-1-2-10(13)14/h3-4,6H,1-2,5H2,(H,13,14). The highest BCUT2D eigenvalue weighted by molar-refractivity contribution is 7.99. The number of carboxylic acid groups (broad SMARTS) is 1. The highest BCUT2D eigenvalue weighted by Crippen LogP contribution is 2.24. The highest BCUT2D eigenvalue weighted by Gasteiger charge is 2.02. The molecule has 0 aromatic heterocycles. The van der Waals surface area contributed by atoms with Gasteiger partial charge in [0.15, 0.2) is 0 Å². The fourth-order valence-corrected chi connectivity index (χ4v) is 2.12. The Hall–Kier alpha value is -0.740. The lowest BCUT2D eigenvalue weighted by molar-refractivity contribution is -0.137. The van der Waals surface area contributed by atoms with Gasteiger partial charge in [-0.3, -0.25) is 4.79 Å². The van der Waals surface area contributed by atoms with E-state index in [-0.39, 0.29) is 11.4 Å². The molecule has 0 saturated carbocycles. The molecule has 0 aliphatic carbocycles. The van der Waals surface area contributed by atoms with Crippen LogP contribution in [0.2, 0.25) is 5.02 Å². The summed E-state index contributed by atoms with van der Waals surface area (Å²) in [4.78, 5) is 11.1. The zero-order valence-corrected chi connectivity index (χ0v) is 9.45. The minimum Gasteiger partial charge on any atom is -0.481 e. The monoisotopic (exact) mass is 248 g/mol. The lowest BCUT2D eigenvalue weighted by Gasteiger charge is -2.01. The number of hydrogen-bond acceptors (Lipinski definition) is 2. The molecular formula is C10H10ClFO2S. The second-order valence-corrected chi connectivity index (χ2v) is 4.50. The second-order valence-electron chi connectivity index (χ2n) is 2.92. The third kappa shape index (κ3) is 4.53. The van der Waals surface area contributed by atoms with E-state index in [1.165, 1.54) is 17.8 Å². The summed E-state index contributed by atoms with van der Waals surface area (Å²) in [5.74, 6) is -0.548. The summed E-state index contributed by atoms with van der Waals surface area (Å²) in [6, 6.07) is 4.48. The van der Waals surface area contributed by atoms with Crippen LogP contribution in [0.15, 0.2) is 23.1 Å². The Kier molecular flexibility index (Phi) is 4.91. The van der Waals surface area contributed by atoms with E-state index >= 15 is 0 Å². The summed E-state index contributed by atoms with van der Waals surface area (Å²) in [7, 11) is 0. The van der Waals surface area contributed by atoms with Crippen LogP contribution in [0.5, 0.6) is 0 Å². The van der Waals surface area contributed by atoms with Gasteiger partial charge in [-0.1, -0.05) is 11.6 Å². The number of hydrogen-bond donors (Lipinski definition) is 1. The summed E-state index contributed by atoms with van der Waals surface area (Å²) in [5, 5.41) is 8.51. The van der Waals surface area contributed by atoms with Gasteiger partial charge in [-0.15, -0.1) is 11.8 Å². The molecule has 0 bridgehead atoms. The van der Waals surface area contributed by atoms with E-state index in [9.17, 15) is 9.18 Å². The van der Waals surface area contributed by atoms with Gasteiger partial charge in [0.25, 0.3) is 0 Å². The summed E-state index contributed by atoms with van der Waals surface area (Å²) in [6.07, 6.45) is 0.747. The molecular weight excluding hydrogens is 239 g/mol. The lowest BCUT2D eigenvalue weighted by atomic mass is 10.3. The van der Waals surface area contributed by atoms with Crippen molar-refractivity contribution in [3.05, 3.63) is 29.0 Å². The number of aliphatic carboxylic acids is 1. The van der Waals surface area contributed by atoms with E-state index in [1.54, 1.807) is 12.1 Å². The number of carboxylic acids is 1. The molecule has 0 aliphatic rings. The molecule has 0 fully saturated rings. The topological polar surface area (TPSA) is 37.3 Å². The fraction of sp³-hybridized carbons (Fsp3) is 0.300. The maximum absolute atomic E-state index is 12.8. The first-order chi connectivity index (χ1) is 7.09. The third-order valence-corrected chi connectivity index (χ3v) is 3.06. The number of halogens is 2. The van der Waals surface area contributed by atoms with Crippen LogP contribution in [-0.4, -0.2) is 16.8 Å². The number of benzene rings is 1. The summed E-state index contributed by atoms with van der Waals surface area (Å²) in [6.45, 7) is 0. The minimum absolute atomic E-state index is 0.0956. The molecule has 0 heterocycles. The summed E-state index contributed by atoms with van der Waals surface area (Å²) < 4.78 is 12.8. The number of rotatable bonds is 5. The van der Waals surface area contributed by atoms with Crippen LogP contribution in [0.1, 0.15) is 12.8 Å².